The van der Waals surface area contributed by atoms with Gasteiger partial charge in [-0.3, -0.25) is 0 Å². The first-order chi connectivity index (χ1) is 33.3. The molecule has 1 nitrogen and oxygen atoms in total. The van der Waals surface area contributed by atoms with E-state index in [1.807, 2.05) is 27.7 Å². The summed E-state index contributed by atoms with van der Waals surface area (Å²) in [5.74, 6) is 3.21. The van der Waals surface area contributed by atoms with E-state index < -0.39 is 0 Å². The molecule has 0 saturated carbocycles. The lowest BCUT2D eigenvalue weighted by atomic mass is 9.86. The topological polar surface area (TPSA) is 26.0 Å². The van der Waals surface area contributed by atoms with E-state index in [1.54, 1.807) is 0 Å². The van der Waals surface area contributed by atoms with Gasteiger partial charge in [0.25, 0.3) is 0 Å². The Hall–Kier alpha value is -2.90. The smallest absolute Gasteiger partial charge is 0.00944 e. The van der Waals surface area contributed by atoms with Gasteiger partial charge in [-0.2, -0.15) is 0 Å². The van der Waals surface area contributed by atoms with Gasteiger partial charge in [0.1, 0.15) is 0 Å². The molecule has 0 saturated heterocycles. The molecule has 3 aromatic rings. The zero-order chi connectivity index (χ0) is 59.0. The van der Waals surface area contributed by atoms with Crippen LogP contribution in [0.15, 0.2) is 96.6 Å². The van der Waals surface area contributed by atoms with Crippen LogP contribution in [0.5, 0.6) is 0 Å². The fraction of sp³-hybridized carbons (Fsp3) is 0.694. The van der Waals surface area contributed by atoms with E-state index >= 15 is 0 Å². The van der Waals surface area contributed by atoms with Crippen molar-refractivity contribution in [3.63, 3.8) is 0 Å². The summed E-state index contributed by atoms with van der Waals surface area (Å²) < 4.78 is 0. The van der Waals surface area contributed by atoms with Crippen molar-refractivity contribution in [3.05, 3.63) is 130 Å². The molecule has 0 aromatic heterocycles. The fourth-order valence-corrected chi connectivity index (χ4v) is 5.47. The van der Waals surface area contributed by atoms with Crippen LogP contribution in [0.25, 0.3) is 0 Å². The average molecular weight is 1020 g/mol. The highest BCUT2D eigenvalue weighted by atomic mass is 14.7. The normalized spacial score (nSPS) is 12.3. The predicted molar refractivity (Wildman–Crippen MR) is 347 cm³/mol. The van der Waals surface area contributed by atoms with Gasteiger partial charge in [0, 0.05) is 5.54 Å². The van der Waals surface area contributed by atoms with Gasteiger partial charge in [0.2, 0.25) is 0 Å². The van der Waals surface area contributed by atoms with Crippen LogP contribution >= 0.6 is 0 Å². The van der Waals surface area contributed by atoms with E-state index in [2.05, 4.69) is 285 Å². The Morgan fingerprint density at radius 3 is 0.849 bits per heavy atom. The molecule has 2 N–H and O–H groups in total. The van der Waals surface area contributed by atoms with E-state index in [1.165, 1.54) is 90.3 Å². The first-order valence-corrected chi connectivity index (χ1v) is 29.6. The summed E-state index contributed by atoms with van der Waals surface area (Å²) in [5.41, 5.74) is 16.8. The number of rotatable bonds is 8. The van der Waals surface area contributed by atoms with Crippen molar-refractivity contribution in [2.24, 2.45) is 45.7 Å². The van der Waals surface area contributed by atoms with Crippen LogP contribution in [0, 0.1) is 74.5 Å². The summed E-state index contributed by atoms with van der Waals surface area (Å²) in [6.07, 6.45) is 19.6. The molecule has 0 aliphatic heterocycles. The Morgan fingerprint density at radius 1 is 0.452 bits per heavy atom. The largest absolute Gasteiger partial charge is 0.326 e. The van der Waals surface area contributed by atoms with Crippen LogP contribution in [0.3, 0.4) is 0 Å². The van der Waals surface area contributed by atoms with Crippen molar-refractivity contribution in [2.75, 3.05) is 0 Å². The number of aryl methyl sites for hydroxylation is 5. The lowest BCUT2D eigenvalue weighted by molar-refractivity contribution is 0.319. The van der Waals surface area contributed by atoms with Gasteiger partial charge in [-0.15, -0.1) is 0 Å². The van der Waals surface area contributed by atoms with Crippen LogP contribution in [0.1, 0.15) is 278 Å². The van der Waals surface area contributed by atoms with Crippen LogP contribution in [-0.4, -0.2) is 5.54 Å². The molecule has 1 aliphatic carbocycles. The molecule has 0 bridgehead atoms. The molecule has 4 rings (SSSR count). The number of nitrogens with two attached hydrogens (primary N) is 1. The monoisotopic (exact) mass is 1020 g/mol. The predicted octanol–water partition coefficient (Wildman–Crippen LogP) is 24.7. The van der Waals surface area contributed by atoms with Crippen molar-refractivity contribution in [1.29, 1.82) is 0 Å². The van der Waals surface area contributed by atoms with Gasteiger partial charge in [-0.25, -0.2) is 0 Å². The molecule has 0 radical (unpaired) electrons. The average Bonchev–Trinajstić information content (AvgIpc) is 3.25. The molecule has 0 fully saturated rings. The van der Waals surface area contributed by atoms with E-state index in [9.17, 15) is 0 Å². The summed E-state index contributed by atoms with van der Waals surface area (Å²) in [6.45, 7) is 69.7. The lowest BCUT2D eigenvalue weighted by Gasteiger charge is -2.20. The summed E-state index contributed by atoms with van der Waals surface area (Å²) >= 11 is 0. The highest BCUT2D eigenvalue weighted by Crippen LogP contribution is 2.25. The number of hydrogen-bond donors (Lipinski definition) is 1. The molecule has 0 heterocycles. The molecule has 1 heteroatoms. The highest BCUT2D eigenvalue weighted by molar-refractivity contribution is 5.32. The quantitative estimate of drug-likeness (QED) is 0.239. The third-order valence-electron chi connectivity index (χ3n) is 10.2. The van der Waals surface area contributed by atoms with Gasteiger partial charge < -0.3 is 5.73 Å². The van der Waals surface area contributed by atoms with E-state index in [-0.39, 0.29) is 5.54 Å². The van der Waals surface area contributed by atoms with Gasteiger partial charge in [-0.1, -0.05) is 318 Å². The van der Waals surface area contributed by atoms with Crippen molar-refractivity contribution in [1.82, 2.24) is 0 Å². The first-order valence-electron chi connectivity index (χ1n) is 29.6. The molecule has 1 atom stereocenters. The molecule has 0 amide bonds. The Balaban J connectivity index is -0.000000136. The molecule has 1 aliphatic rings. The fourth-order valence-electron chi connectivity index (χ4n) is 5.47. The summed E-state index contributed by atoms with van der Waals surface area (Å²) in [7, 11) is 0. The van der Waals surface area contributed by atoms with Crippen LogP contribution in [0.2, 0.25) is 0 Å². The third kappa shape index (κ3) is 89.1. The maximum absolute atomic E-state index is 5.53. The summed E-state index contributed by atoms with van der Waals surface area (Å²) in [6, 6.07) is 25.8. The maximum Gasteiger partial charge on any atom is 0.00944 e. The van der Waals surface area contributed by atoms with Crippen LogP contribution < -0.4 is 5.73 Å². The minimum Gasteiger partial charge on any atom is -0.326 e. The second-order valence-electron chi connectivity index (χ2n) is 26.3. The van der Waals surface area contributed by atoms with Gasteiger partial charge in [0.05, 0.1) is 0 Å². The van der Waals surface area contributed by atoms with E-state index in [4.69, 9.17) is 5.73 Å². The van der Waals surface area contributed by atoms with Gasteiger partial charge in [-0.05, 0) is 138 Å². The van der Waals surface area contributed by atoms with Gasteiger partial charge in [0.15, 0.2) is 0 Å². The zero-order valence-electron chi connectivity index (χ0n) is 56.1. The van der Waals surface area contributed by atoms with Crippen molar-refractivity contribution >= 4 is 0 Å². The summed E-state index contributed by atoms with van der Waals surface area (Å²) in [4.78, 5) is 0. The van der Waals surface area contributed by atoms with Crippen molar-refractivity contribution in [3.8, 4) is 0 Å². The number of allylic oxidation sites excluding steroid dienone is 4. The Labute approximate surface area is 464 Å². The summed E-state index contributed by atoms with van der Waals surface area (Å²) in [5, 5.41) is 0. The number of benzene rings is 3. The maximum atomic E-state index is 5.53. The van der Waals surface area contributed by atoms with Crippen LogP contribution in [0.4, 0.5) is 0 Å². The van der Waals surface area contributed by atoms with Crippen molar-refractivity contribution in [2.45, 2.75) is 291 Å². The number of hydrogen-bond acceptors (Lipinski definition) is 1. The van der Waals surface area contributed by atoms with E-state index in [0.29, 0.717) is 22.2 Å². The van der Waals surface area contributed by atoms with Crippen molar-refractivity contribution < 1.29 is 0 Å². The SMILES string of the molecule is CC.CC(C)C.CC(C)C.CC(C)C.CCC(C)(C)N.CCCC(C)(C)C.CCCC(C)(C)C.CCCC(C)(C)CC.Cc1ccc(C)cc1.Cc1ccc(C)cc1.Cc1ccc(CC2=CCC(C)C=C2)cc1. The second-order valence-corrected chi connectivity index (χ2v) is 26.3. The Bertz CT molecular complexity index is 1460. The highest BCUT2D eigenvalue weighted by Gasteiger charge is 2.12. The van der Waals surface area contributed by atoms with E-state index in [0.717, 1.165) is 30.6 Å². The Kier molecular flexibility index (Phi) is 59.0. The molecule has 1 unspecified atom stereocenters. The lowest BCUT2D eigenvalue weighted by Crippen LogP contribution is -2.30. The molecule has 430 valence electrons. The molecular formula is C72H137N. The minimum atomic E-state index is 0.0417. The first kappa shape index (κ1) is 84.1. The standard InChI is InChI=1S/C15H18.2C8H10.C8H18.2C7H16.C5H13N.3C4H10.C2H6/c1-12-3-7-14(8-4-12)11-15-9-5-13(2)6-10-15;2*1-7-3-5-8(2)6-4-7;1-5-7-8(3,4)6-2;2*1-5-6-7(2,3)4;1-4-5(2,3)6;3*1-4(2)3;1-2/h3-5,7-10,13H,6,11H2,1-2H3;2*3-6H,1-2H3;5-7H2,1-4H3;2*5-6H2,1-4H3;4,6H2,1-3H3;3*4H,1-3H3;1-2H3. The molecular weight excluding hydrogens is 879 g/mol. The molecule has 0 spiro atoms. The van der Waals surface area contributed by atoms with Crippen LogP contribution in [-0.2, 0) is 6.42 Å². The Morgan fingerprint density at radius 2 is 0.699 bits per heavy atom. The zero-order valence-corrected chi connectivity index (χ0v) is 56.1. The van der Waals surface area contributed by atoms with Gasteiger partial charge >= 0.3 is 0 Å². The minimum absolute atomic E-state index is 0.0417. The third-order valence-corrected chi connectivity index (χ3v) is 10.2. The molecule has 3 aromatic carbocycles. The second kappa shape index (κ2) is 51.2. The molecule has 73 heavy (non-hydrogen) atoms.